The molecular formula is C14H25NO. The standard InChI is InChI=1S/C10H13NO.2C2H6/c1-3-8-5-4-7(2)6-9(8)10(11)12;2*1-2/h4-6H,3H2,1-2H3,(H2,11,12);2*1-2H3. The molecule has 0 spiro atoms. The van der Waals surface area contributed by atoms with Crippen LogP contribution < -0.4 is 5.73 Å². The molecule has 0 saturated heterocycles. The normalized spacial score (nSPS) is 8.12. The largest absolute Gasteiger partial charge is 0.366 e. The lowest BCUT2D eigenvalue weighted by Gasteiger charge is -2.04. The number of benzene rings is 1. The van der Waals surface area contributed by atoms with Crippen LogP contribution in [0, 0.1) is 6.92 Å². The third kappa shape index (κ3) is 5.54. The molecule has 0 aliphatic heterocycles. The van der Waals surface area contributed by atoms with E-state index in [1.165, 1.54) is 0 Å². The van der Waals surface area contributed by atoms with Crippen molar-refractivity contribution in [2.45, 2.75) is 48.0 Å². The van der Waals surface area contributed by atoms with Crippen molar-refractivity contribution in [1.82, 2.24) is 0 Å². The Labute approximate surface area is 99.9 Å². The summed E-state index contributed by atoms with van der Waals surface area (Å²) in [5.41, 5.74) is 7.96. The molecular weight excluding hydrogens is 198 g/mol. The molecule has 0 aliphatic rings. The molecule has 0 unspecified atom stereocenters. The van der Waals surface area contributed by atoms with Gasteiger partial charge in [0.15, 0.2) is 0 Å². The SMILES string of the molecule is CC.CC.CCc1ccc(C)cc1C(N)=O. The Morgan fingerprint density at radius 3 is 2.06 bits per heavy atom. The third-order valence-electron chi connectivity index (χ3n) is 1.91. The molecule has 0 heterocycles. The topological polar surface area (TPSA) is 43.1 Å². The van der Waals surface area contributed by atoms with Crippen molar-refractivity contribution in [3.05, 3.63) is 34.9 Å². The molecule has 0 aromatic heterocycles. The average Bonchev–Trinajstić information content (AvgIpc) is 2.34. The lowest BCUT2D eigenvalue weighted by atomic mass is 10.0. The van der Waals surface area contributed by atoms with Gasteiger partial charge in [-0.15, -0.1) is 0 Å². The van der Waals surface area contributed by atoms with Crippen LogP contribution in [0.2, 0.25) is 0 Å². The summed E-state index contributed by atoms with van der Waals surface area (Å²) < 4.78 is 0. The highest BCUT2D eigenvalue weighted by Crippen LogP contribution is 2.11. The molecule has 1 amide bonds. The zero-order chi connectivity index (χ0) is 13.1. The van der Waals surface area contributed by atoms with Crippen LogP contribution in [0.25, 0.3) is 0 Å². The van der Waals surface area contributed by atoms with Crippen LogP contribution in [0.4, 0.5) is 0 Å². The maximum Gasteiger partial charge on any atom is 0.248 e. The zero-order valence-electron chi connectivity index (χ0n) is 11.4. The van der Waals surface area contributed by atoms with E-state index >= 15 is 0 Å². The van der Waals surface area contributed by atoms with E-state index in [9.17, 15) is 4.79 Å². The number of carbonyl (C=O) groups is 1. The van der Waals surface area contributed by atoms with Gasteiger partial charge in [-0.05, 0) is 25.0 Å². The number of hydrogen-bond acceptors (Lipinski definition) is 1. The molecule has 0 aliphatic carbocycles. The van der Waals surface area contributed by atoms with Crippen LogP contribution in [-0.2, 0) is 6.42 Å². The van der Waals surface area contributed by atoms with Gasteiger partial charge in [-0.2, -0.15) is 0 Å². The van der Waals surface area contributed by atoms with Gasteiger partial charge in [0.25, 0.3) is 0 Å². The summed E-state index contributed by atoms with van der Waals surface area (Å²) in [5.74, 6) is -0.337. The van der Waals surface area contributed by atoms with E-state index in [4.69, 9.17) is 5.73 Å². The van der Waals surface area contributed by atoms with Crippen LogP contribution >= 0.6 is 0 Å². The summed E-state index contributed by atoms with van der Waals surface area (Å²) in [5, 5.41) is 0. The number of hydrogen-bond donors (Lipinski definition) is 1. The van der Waals surface area contributed by atoms with Gasteiger partial charge < -0.3 is 5.73 Å². The Balaban J connectivity index is 0. The minimum Gasteiger partial charge on any atom is -0.366 e. The average molecular weight is 223 g/mol. The van der Waals surface area contributed by atoms with E-state index in [2.05, 4.69) is 0 Å². The van der Waals surface area contributed by atoms with Crippen molar-refractivity contribution in [2.24, 2.45) is 5.73 Å². The highest BCUT2D eigenvalue weighted by Gasteiger charge is 2.05. The number of nitrogens with two attached hydrogens (primary N) is 1. The summed E-state index contributed by atoms with van der Waals surface area (Å²) in [6, 6.07) is 5.78. The first-order chi connectivity index (χ1) is 7.65. The predicted octanol–water partition coefficient (Wildman–Crippen LogP) is 3.71. The van der Waals surface area contributed by atoms with E-state index in [-0.39, 0.29) is 5.91 Å². The first kappa shape index (κ1) is 17.1. The van der Waals surface area contributed by atoms with Crippen molar-refractivity contribution in [2.75, 3.05) is 0 Å². The third-order valence-corrected chi connectivity index (χ3v) is 1.91. The highest BCUT2D eigenvalue weighted by molar-refractivity contribution is 5.94. The molecule has 0 radical (unpaired) electrons. The van der Waals surface area contributed by atoms with Gasteiger partial charge in [-0.3, -0.25) is 4.79 Å². The van der Waals surface area contributed by atoms with Crippen LogP contribution in [-0.4, -0.2) is 5.91 Å². The fourth-order valence-electron chi connectivity index (χ4n) is 1.23. The van der Waals surface area contributed by atoms with E-state index < -0.39 is 0 Å². The second kappa shape index (κ2) is 10.2. The molecule has 16 heavy (non-hydrogen) atoms. The molecule has 2 nitrogen and oxygen atoms in total. The van der Waals surface area contributed by atoms with Gasteiger partial charge in [-0.25, -0.2) is 0 Å². The Kier molecular flexibility index (Phi) is 10.9. The van der Waals surface area contributed by atoms with E-state index in [1.807, 2.05) is 59.7 Å². The van der Waals surface area contributed by atoms with Gasteiger partial charge in [0, 0.05) is 5.56 Å². The molecule has 2 heteroatoms. The van der Waals surface area contributed by atoms with Crippen molar-refractivity contribution < 1.29 is 4.79 Å². The summed E-state index contributed by atoms with van der Waals surface area (Å²) in [7, 11) is 0. The second-order valence-electron chi connectivity index (χ2n) is 2.88. The Morgan fingerprint density at radius 1 is 1.19 bits per heavy atom. The van der Waals surface area contributed by atoms with Gasteiger partial charge in [0.2, 0.25) is 5.91 Å². The Hall–Kier alpha value is -1.31. The molecule has 1 rings (SSSR count). The molecule has 0 saturated carbocycles. The zero-order valence-corrected chi connectivity index (χ0v) is 11.4. The van der Waals surface area contributed by atoms with Gasteiger partial charge in [0.05, 0.1) is 0 Å². The number of rotatable bonds is 2. The summed E-state index contributed by atoms with van der Waals surface area (Å²) in [6.07, 6.45) is 0.846. The number of aryl methyl sites for hydroxylation is 2. The van der Waals surface area contributed by atoms with Crippen molar-refractivity contribution in [1.29, 1.82) is 0 Å². The number of primary amides is 1. The first-order valence-electron chi connectivity index (χ1n) is 6.04. The van der Waals surface area contributed by atoms with E-state index in [0.717, 1.165) is 17.5 Å². The minimum atomic E-state index is -0.337. The van der Waals surface area contributed by atoms with Crippen molar-refractivity contribution in [3.8, 4) is 0 Å². The Bertz CT molecular complexity index is 306. The molecule has 2 N–H and O–H groups in total. The minimum absolute atomic E-state index is 0.337. The Morgan fingerprint density at radius 2 is 1.69 bits per heavy atom. The second-order valence-corrected chi connectivity index (χ2v) is 2.88. The predicted molar refractivity (Wildman–Crippen MR) is 71.8 cm³/mol. The van der Waals surface area contributed by atoms with E-state index in [1.54, 1.807) is 0 Å². The van der Waals surface area contributed by atoms with E-state index in [0.29, 0.717) is 5.56 Å². The maximum absolute atomic E-state index is 11.0. The number of carbonyl (C=O) groups excluding carboxylic acids is 1. The smallest absolute Gasteiger partial charge is 0.248 e. The maximum atomic E-state index is 11.0. The van der Waals surface area contributed by atoms with Gasteiger partial charge >= 0.3 is 0 Å². The number of amides is 1. The fourth-order valence-corrected chi connectivity index (χ4v) is 1.23. The molecule has 92 valence electrons. The van der Waals surface area contributed by atoms with Crippen LogP contribution in [0.15, 0.2) is 18.2 Å². The molecule has 1 aromatic carbocycles. The van der Waals surface area contributed by atoms with Crippen LogP contribution in [0.5, 0.6) is 0 Å². The highest BCUT2D eigenvalue weighted by atomic mass is 16.1. The fraction of sp³-hybridized carbons (Fsp3) is 0.500. The summed E-state index contributed by atoms with van der Waals surface area (Å²) in [4.78, 5) is 11.0. The quantitative estimate of drug-likeness (QED) is 0.816. The molecule has 0 bridgehead atoms. The van der Waals surface area contributed by atoms with Crippen molar-refractivity contribution >= 4 is 5.91 Å². The lowest BCUT2D eigenvalue weighted by molar-refractivity contribution is 0.0999. The lowest BCUT2D eigenvalue weighted by Crippen LogP contribution is -2.13. The van der Waals surface area contributed by atoms with Crippen LogP contribution in [0.3, 0.4) is 0 Å². The van der Waals surface area contributed by atoms with Crippen LogP contribution in [0.1, 0.15) is 56.1 Å². The first-order valence-corrected chi connectivity index (χ1v) is 6.04. The summed E-state index contributed by atoms with van der Waals surface area (Å²) >= 11 is 0. The van der Waals surface area contributed by atoms with Crippen molar-refractivity contribution in [3.63, 3.8) is 0 Å². The molecule has 0 fully saturated rings. The summed E-state index contributed by atoms with van der Waals surface area (Å²) in [6.45, 7) is 12.0. The van der Waals surface area contributed by atoms with Gasteiger partial charge in [-0.1, -0.05) is 52.3 Å². The monoisotopic (exact) mass is 223 g/mol. The molecule has 1 aromatic rings. The van der Waals surface area contributed by atoms with Gasteiger partial charge in [0.1, 0.15) is 0 Å². The molecule has 0 atom stereocenters.